The van der Waals surface area contributed by atoms with Crippen molar-refractivity contribution in [3.8, 4) is 6.07 Å². The molecule has 2 amide bonds. The van der Waals surface area contributed by atoms with E-state index in [2.05, 4.69) is 21.7 Å². The summed E-state index contributed by atoms with van der Waals surface area (Å²) >= 11 is 0. The van der Waals surface area contributed by atoms with Gasteiger partial charge >= 0.3 is 6.03 Å². The van der Waals surface area contributed by atoms with Crippen molar-refractivity contribution in [2.45, 2.75) is 19.5 Å². The van der Waals surface area contributed by atoms with Crippen molar-refractivity contribution < 1.29 is 4.79 Å². The molecule has 0 fully saturated rings. The molecule has 3 aromatic rings. The first-order valence-corrected chi connectivity index (χ1v) is 7.63. The number of imidazole rings is 1. The lowest BCUT2D eigenvalue weighted by Crippen LogP contribution is -2.36. The summed E-state index contributed by atoms with van der Waals surface area (Å²) in [4.78, 5) is 16.5. The molecule has 6 heteroatoms. The van der Waals surface area contributed by atoms with Crippen LogP contribution < -0.4 is 10.6 Å². The van der Waals surface area contributed by atoms with Crippen LogP contribution in [0.25, 0.3) is 5.65 Å². The predicted molar refractivity (Wildman–Crippen MR) is 90.1 cm³/mol. The van der Waals surface area contributed by atoms with E-state index in [9.17, 15) is 4.79 Å². The van der Waals surface area contributed by atoms with Gasteiger partial charge in [0.25, 0.3) is 0 Å². The smallest absolute Gasteiger partial charge is 0.315 e. The number of nitrogens with one attached hydrogen (secondary N) is 2. The van der Waals surface area contributed by atoms with Crippen molar-refractivity contribution in [1.82, 2.24) is 20.0 Å². The summed E-state index contributed by atoms with van der Waals surface area (Å²) in [7, 11) is 0. The predicted octanol–water partition coefficient (Wildman–Crippen LogP) is 2.77. The molecule has 6 nitrogen and oxygen atoms in total. The van der Waals surface area contributed by atoms with Gasteiger partial charge in [0.1, 0.15) is 5.65 Å². The molecule has 1 atom stereocenters. The molecule has 0 saturated heterocycles. The second-order valence-corrected chi connectivity index (χ2v) is 5.48. The first-order chi connectivity index (χ1) is 11.7. The summed E-state index contributed by atoms with van der Waals surface area (Å²) in [5, 5.41) is 14.5. The normalized spacial score (nSPS) is 11.7. The van der Waals surface area contributed by atoms with Gasteiger partial charge in [0.05, 0.1) is 29.9 Å². The number of hydrogen-bond donors (Lipinski definition) is 2. The van der Waals surface area contributed by atoms with E-state index in [1.165, 1.54) is 0 Å². The van der Waals surface area contributed by atoms with Crippen LogP contribution in [-0.4, -0.2) is 15.4 Å². The SMILES string of the molecule is CC(NC(=O)NCc1cn2ccccc2n1)c1ccc(C#N)cc1. The monoisotopic (exact) mass is 319 g/mol. The van der Waals surface area contributed by atoms with Crippen molar-refractivity contribution in [2.24, 2.45) is 0 Å². The highest BCUT2D eigenvalue weighted by Gasteiger charge is 2.10. The van der Waals surface area contributed by atoms with E-state index < -0.39 is 0 Å². The molecule has 0 aliphatic carbocycles. The summed E-state index contributed by atoms with van der Waals surface area (Å²) in [6.07, 6.45) is 3.80. The molecule has 0 aliphatic heterocycles. The number of carbonyl (C=O) groups excluding carboxylic acids is 1. The lowest BCUT2D eigenvalue weighted by molar-refractivity contribution is 0.237. The van der Waals surface area contributed by atoms with E-state index in [1.54, 1.807) is 12.1 Å². The van der Waals surface area contributed by atoms with Crippen LogP contribution in [0.15, 0.2) is 54.9 Å². The van der Waals surface area contributed by atoms with E-state index in [1.807, 2.05) is 54.0 Å². The van der Waals surface area contributed by atoms with Gasteiger partial charge in [-0.15, -0.1) is 0 Å². The van der Waals surface area contributed by atoms with Crippen molar-refractivity contribution in [2.75, 3.05) is 0 Å². The van der Waals surface area contributed by atoms with E-state index >= 15 is 0 Å². The molecule has 24 heavy (non-hydrogen) atoms. The Kier molecular flexibility index (Phi) is 4.43. The Morgan fingerprint density at radius 3 is 2.79 bits per heavy atom. The number of rotatable bonds is 4. The van der Waals surface area contributed by atoms with Crippen LogP contribution in [0.5, 0.6) is 0 Å². The molecule has 0 aliphatic rings. The van der Waals surface area contributed by atoms with Gasteiger partial charge in [0.2, 0.25) is 0 Å². The number of fused-ring (bicyclic) bond motifs is 1. The molecule has 120 valence electrons. The Morgan fingerprint density at radius 2 is 2.08 bits per heavy atom. The highest BCUT2D eigenvalue weighted by atomic mass is 16.2. The Bertz CT molecular complexity index is 859. The van der Waals surface area contributed by atoms with Gasteiger partial charge in [-0.3, -0.25) is 0 Å². The van der Waals surface area contributed by atoms with Crippen LogP contribution in [0, 0.1) is 11.3 Å². The van der Waals surface area contributed by atoms with Crippen molar-refractivity contribution in [1.29, 1.82) is 5.26 Å². The maximum atomic E-state index is 12.0. The molecule has 1 unspecified atom stereocenters. The molecule has 3 rings (SSSR count). The van der Waals surface area contributed by atoms with Crippen molar-refractivity contribution >= 4 is 11.7 Å². The number of pyridine rings is 1. The van der Waals surface area contributed by atoms with Gasteiger partial charge in [-0.25, -0.2) is 9.78 Å². The highest BCUT2D eigenvalue weighted by Crippen LogP contribution is 2.13. The number of amides is 2. The lowest BCUT2D eigenvalue weighted by Gasteiger charge is -2.14. The lowest BCUT2D eigenvalue weighted by atomic mass is 10.1. The number of nitriles is 1. The fraction of sp³-hybridized carbons (Fsp3) is 0.167. The first kappa shape index (κ1) is 15.6. The molecule has 0 saturated carbocycles. The third-order valence-corrected chi connectivity index (χ3v) is 3.73. The molecule has 2 heterocycles. The molecule has 0 spiro atoms. The number of carbonyl (C=O) groups is 1. The molecule has 2 N–H and O–H groups in total. The number of benzene rings is 1. The zero-order valence-corrected chi connectivity index (χ0v) is 13.2. The molecule has 2 aromatic heterocycles. The van der Waals surface area contributed by atoms with E-state index in [0.29, 0.717) is 12.1 Å². The van der Waals surface area contributed by atoms with E-state index in [0.717, 1.165) is 16.9 Å². The van der Waals surface area contributed by atoms with Gasteiger partial charge in [-0.05, 0) is 36.8 Å². The average Bonchev–Trinajstić information content (AvgIpc) is 3.03. The van der Waals surface area contributed by atoms with Gasteiger partial charge in [-0.2, -0.15) is 5.26 Å². The number of hydrogen-bond acceptors (Lipinski definition) is 3. The van der Waals surface area contributed by atoms with Gasteiger partial charge in [0, 0.05) is 12.4 Å². The minimum atomic E-state index is -0.260. The van der Waals surface area contributed by atoms with Crippen LogP contribution in [0.4, 0.5) is 4.79 Å². The fourth-order valence-corrected chi connectivity index (χ4v) is 2.42. The van der Waals surface area contributed by atoms with Crippen LogP contribution in [0.2, 0.25) is 0 Å². The summed E-state index contributed by atoms with van der Waals surface area (Å²) in [5.74, 6) is 0. The molecular formula is C18H17N5O. The molecule has 0 radical (unpaired) electrons. The topological polar surface area (TPSA) is 82.2 Å². The Morgan fingerprint density at radius 1 is 1.29 bits per heavy atom. The molecular weight excluding hydrogens is 302 g/mol. The average molecular weight is 319 g/mol. The van der Waals surface area contributed by atoms with Crippen LogP contribution in [0.1, 0.15) is 29.8 Å². The van der Waals surface area contributed by atoms with E-state index in [4.69, 9.17) is 5.26 Å². The number of urea groups is 1. The van der Waals surface area contributed by atoms with Crippen LogP contribution in [0.3, 0.4) is 0 Å². The quantitative estimate of drug-likeness (QED) is 0.775. The first-order valence-electron chi connectivity index (χ1n) is 7.63. The summed E-state index contributed by atoms with van der Waals surface area (Å²) < 4.78 is 1.91. The third kappa shape index (κ3) is 3.52. The number of aromatic nitrogens is 2. The Labute approximate surface area is 139 Å². The Balaban J connectivity index is 1.55. The highest BCUT2D eigenvalue weighted by molar-refractivity contribution is 5.74. The second kappa shape index (κ2) is 6.84. The van der Waals surface area contributed by atoms with Gasteiger partial charge in [-0.1, -0.05) is 18.2 Å². The summed E-state index contributed by atoms with van der Waals surface area (Å²) in [6, 6.07) is 14.6. The third-order valence-electron chi connectivity index (χ3n) is 3.73. The van der Waals surface area contributed by atoms with Crippen molar-refractivity contribution in [3.05, 3.63) is 71.7 Å². The minimum Gasteiger partial charge on any atom is -0.332 e. The summed E-state index contributed by atoms with van der Waals surface area (Å²) in [5.41, 5.74) is 3.18. The standard InChI is InChI=1S/C18H17N5O/c1-13(15-7-5-14(10-19)6-8-15)21-18(24)20-11-16-12-23-9-3-2-4-17(23)22-16/h2-9,12-13H,11H2,1H3,(H2,20,21,24). The van der Waals surface area contributed by atoms with Crippen molar-refractivity contribution in [3.63, 3.8) is 0 Å². The zero-order valence-electron chi connectivity index (χ0n) is 13.2. The molecule has 0 bridgehead atoms. The maximum Gasteiger partial charge on any atom is 0.315 e. The fourth-order valence-electron chi connectivity index (χ4n) is 2.42. The summed E-state index contributed by atoms with van der Waals surface area (Å²) in [6.45, 7) is 2.25. The minimum absolute atomic E-state index is 0.154. The Hall–Kier alpha value is -3.33. The van der Waals surface area contributed by atoms with Gasteiger partial charge in [0.15, 0.2) is 0 Å². The van der Waals surface area contributed by atoms with Crippen LogP contribution >= 0.6 is 0 Å². The second-order valence-electron chi connectivity index (χ2n) is 5.48. The maximum absolute atomic E-state index is 12.0. The molecule has 1 aromatic carbocycles. The van der Waals surface area contributed by atoms with E-state index in [-0.39, 0.29) is 12.1 Å². The zero-order chi connectivity index (χ0) is 16.9. The van der Waals surface area contributed by atoms with Gasteiger partial charge < -0.3 is 15.0 Å². The van der Waals surface area contributed by atoms with Crippen LogP contribution in [-0.2, 0) is 6.54 Å². The number of nitrogens with zero attached hydrogens (tertiary/aromatic N) is 3. The largest absolute Gasteiger partial charge is 0.332 e.